The van der Waals surface area contributed by atoms with Crippen molar-refractivity contribution in [3.05, 3.63) is 69.2 Å². The molecule has 0 spiro atoms. The highest BCUT2D eigenvalue weighted by Crippen LogP contribution is 2.43. The standard InChI is InChI=1S/C18H14N2O3S2.ClH/c21-16-12-3-1-2-4-13(12)23-14(5-7-20-8-6-19-11-20)17(22)15(16)18-24-9-10-25-18;/h1-4,6,8-11,14H,5,7H2;1H. The van der Waals surface area contributed by atoms with Gasteiger partial charge in [0.25, 0.3) is 0 Å². The SMILES string of the molecule is Cl.O=C1C(=C2SC=CS2)C(=O)C(CCn2ccnc2)Oc2ccccc21. The van der Waals surface area contributed by atoms with Crippen molar-refractivity contribution in [3.8, 4) is 5.75 Å². The molecule has 1 aromatic heterocycles. The van der Waals surface area contributed by atoms with E-state index in [1.807, 2.05) is 27.6 Å². The zero-order valence-corrected chi connectivity index (χ0v) is 16.0. The number of ketones is 2. The summed E-state index contributed by atoms with van der Waals surface area (Å²) in [6, 6.07) is 7.04. The lowest BCUT2D eigenvalue weighted by Gasteiger charge is -2.16. The minimum absolute atomic E-state index is 0. The summed E-state index contributed by atoms with van der Waals surface area (Å²) in [5, 5.41) is 3.76. The second-order valence-corrected chi connectivity index (χ2v) is 7.65. The summed E-state index contributed by atoms with van der Waals surface area (Å²) in [6.07, 6.45) is 5.01. The number of halogens is 1. The first-order valence-corrected chi connectivity index (χ1v) is 9.53. The third-order valence-electron chi connectivity index (χ3n) is 3.99. The van der Waals surface area contributed by atoms with Gasteiger partial charge in [-0.25, -0.2) is 4.98 Å². The molecule has 8 heteroatoms. The fourth-order valence-corrected chi connectivity index (χ4v) is 4.63. The molecule has 134 valence electrons. The Kier molecular flexibility index (Phi) is 5.90. The van der Waals surface area contributed by atoms with E-state index in [-0.39, 0.29) is 29.5 Å². The predicted octanol–water partition coefficient (Wildman–Crippen LogP) is 4.07. The van der Waals surface area contributed by atoms with Crippen LogP contribution in [0.1, 0.15) is 16.8 Å². The summed E-state index contributed by atoms with van der Waals surface area (Å²) in [4.78, 5) is 30.1. The molecule has 0 N–H and O–H groups in total. The van der Waals surface area contributed by atoms with Crippen molar-refractivity contribution in [2.45, 2.75) is 19.1 Å². The Morgan fingerprint density at radius 1 is 1.15 bits per heavy atom. The third kappa shape index (κ3) is 3.60. The van der Waals surface area contributed by atoms with Crippen LogP contribution in [-0.4, -0.2) is 27.2 Å². The smallest absolute Gasteiger partial charge is 0.209 e. The Bertz CT molecular complexity index is 884. The molecule has 5 nitrogen and oxygen atoms in total. The number of carbonyl (C=O) groups is 2. The molecule has 3 heterocycles. The van der Waals surface area contributed by atoms with E-state index < -0.39 is 6.10 Å². The number of hydrogen-bond donors (Lipinski definition) is 0. The molecule has 0 fully saturated rings. The van der Waals surface area contributed by atoms with E-state index in [1.165, 1.54) is 23.5 Å². The molecule has 1 unspecified atom stereocenters. The first-order chi connectivity index (χ1) is 12.2. The lowest BCUT2D eigenvalue weighted by Crippen LogP contribution is -2.30. The molecule has 0 amide bonds. The number of thioether (sulfide) groups is 2. The molecule has 0 aliphatic carbocycles. The topological polar surface area (TPSA) is 61.2 Å². The summed E-state index contributed by atoms with van der Waals surface area (Å²) in [6.45, 7) is 0.591. The molecular weight excluding hydrogens is 392 g/mol. The van der Waals surface area contributed by atoms with Crippen molar-refractivity contribution < 1.29 is 14.3 Å². The van der Waals surface area contributed by atoms with Gasteiger partial charge in [-0.2, -0.15) is 0 Å². The van der Waals surface area contributed by atoms with Gasteiger partial charge in [0.2, 0.25) is 11.6 Å². The van der Waals surface area contributed by atoms with Crippen LogP contribution in [0.3, 0.4) is 0 Å². The summed E-state index contributed by atoms with van der Waals surface area (Å²) in [7, 11) is 0. The van der Waals surface area contributed by atoms with Crippen LogP contribution < -0.4 is 4.74 Å². The summed E-state index contributed by atoms with van der Waals surface area (Å²) in [5.41, 5.74) is 0.678. The lowest BCUT2D eigenvalue weighted by atomic mass is 9.98. The van der Waals surface area contributed by atoms with Crippen LogP contribution in [0.5, 0.6) is 5.75 Å². The van der Waals surface area contributed by atoms with Gasteiger partial charge in [0, 0.05) is 25.4 Å². The highest BCUT2D eigenvalue weighted by molar-refractivity contribution is 8.27. The third-order valence-corrected chi connectivity index (χ3v) is 6.12. The van der Waals surface area contributed by atoms with Crippen molar-refractivity contribution in [1.29, 1.82) is 0 Å². The van der Waals surface area contributed by atoms with Gasteiger partial charge in [-0.1, -0.05) is 35.7 Å². The quantitative estimate of drug-likeness (QED) is 0.565. The highest BCUT2D eigenvalue weighted by atomic mass is 35.5. The maximum atomic E-state index is 13.1. The Hall–Kier alpha value is -1.96. The number of aromatic nitrogens is 2. The molecule has 0 bridgehead atoms. The van der Waals surface area contributed by atoms with Gasteiger partial charge in [-0.05, 0) is 22.9 Å². The number of benzene rings is 1. The minimum Gasteiger partial charge on any atom is -0.481 e. The number of nitrogens with zero attached hydrogens (tertiary/aromatic N) is 2. The fraction of sp³-hybridized carbons (Fsp3) is 0.167. The zero-order chi connectivity index (χ0) is 17.2. The van der Waals surface area contributed by atoms with Crippen molar-refractivity contribution in [2.24, 2.45) is 0 Å². The van der Waals surface area contributed by atoms with Crippen molar-refractivity contribution >= 4 is 47.5 Å². The van der Waals surface area contributed by atoms with E-state index in [0.717, 1.165) is 4.24 Å². The molecular formula is C18H15ClN2O3S2. The summed E-state index contributed by atoms with van der Waals surface area (Å²) >= 11 is 2.82. The predicted molar refractivity (Wildman–Crippen MR) is 106 cm³/mol. The van der Waals surface area contributed by atoms with Gasteiger partial charge in [0.15, 0.2) is 6.10 Å². The van der Waals surface area contributed by atoms with E-state index in [0.29, 0.717) is 24.3 Å². The summed E-state index contributed by atoms with van der Waals surface area (Å²) in [5.74, 6) is -0.0440. The maximum absolute atomic E-state index is 13.1. The molecule has 0 saturated heterocycles. The van der Waals surface area contributed by atoms with E-state index in [2.05, 4.69) is 4.98 Å². The number of aryl methyl sites for hydroxylation is 1. The number of para-hydroxylation sites is 1. The molecule has 0 radical (unpaired) electrons. The Morgan fingerprint density at radius 3 is 2.65 bits per heavy atom. The first kappa shape index (κ1) is 18.8. The number of carbonyl (C=O) groups excluding carboxylic acids is 2. The number of imidazole rings is 1. The number of rotatable bonds is 3. The van der Waals surface area contributed by atoms with Crippen molar-refractivity contribution in [3.63, 3.8) is 0 Å². The van der Waals surface area contributed by atoms with Gasteiger partial charge in [0.05, 0.1) is 21.7 Å². The Balaban J connectivity index is 0.00000196. The molecule has 2 aromatic rings. The lowest BCUT2D eigenvalue weighted by molar-refractivity contribution is -0.121. The van der Waals surface area contributed by atoms with Gasteiger partial charge in [-0.15, -0.1) is 12.4 Å². The van der Waals surface area contributed by atoms with E-state index in [1.54, 1.807) is 30.7 Å². The van der Waals surface area contributed by atoms with Crippen LogP contribution in [-0.2, 0) is 11.3 Å². The summed E-state index contributed by atoms with van der Waals surface area (Å²) < 4.78 is 8.57. The number of fused-ring (bicyclic) bond motifs is 1. The first-order valence-electron chi connectivity index (χ1n) is 7.77. The van der Waals surface area contributed by atoms with Gasteiger partial charge < -0.3 is 9.30 Å². The van der Waals surface area contributed by atoms with E-state index in [9.17, 15) is 9.59 Å². The van der Waals surface area contributed by atoms with Crippen molar-refractivity contribution in [2.75, 3.05) is 0 Å². The van der Waals surface area contributed by atoms with Crippen LogP contribution in [0.4, 0.5) is 0 Å². The highest BCUT2D eigenvalue weighted by Gasteiger charge is 2.36. The normalized spacial score (nSPS) is 19.0. The number of hydrogen-bond acceptors (Lipinski definition) is 6. The average Bonchev–Trinajstić information content (AvgIpc) is 3.31. The molecule has 2 aliphatic heterocycles. The zero-order valence-electron chi connectivity index (χ0n) is 13.5. The Labute approximate surface area is 165 Å². The fourth-order valence-electron chi connectivity index (χ4n) is 2.76. The Morgan fingerprint density at radius 2 is 1.92 bits per heavy atom. The number of ether oxygens (including phenoxy) is 1. The largest absolute Gasteiger partial charge is 0.481 e. The molecule has 26 heavy (non-hydrogen) atoms. The maximum Gasteiger partial charge on any atom is 0.209 e. The van der Waals surface area contributed by atoms with Crippen molar-refractivity contribution in [1.82, 2.24) is 9.55 Å². The van der Waals surface area contributed by atoms with Crippen LogP contribution in [0.25, 0.3) is 0 Å². The number of Topliss-reactive ketones (excluding diaryl/α,β-unsaturated/α-hetero) is 2. The minimum atomic E-state index is -0.695. The molecule has 1 atom stereocenters. The van der Waals surface area contributed by atoms with Gasteiger partial charge >= 0.3 is 0 Å². The molecule has 2 aliphatic rings. The van der Waals surface area contributed by atoms with E-state index >= 15 is 0 Å². The second-order valence-electron chi connectivity index (χ2n) is 5.56. The average molecular weight is 407 g/mol. The monoisotopic (exact) mass is 406 g/mol. The van der Waals surface area contributed by atoms with Gasteiger partial charge in [0.1, 0.15) is 5.75 Å². The second kappa shape index (κ2) is 8.16. The van der Waals surface area contributed by atoms with Crippen LogP contribution >= 0.6 is 35.9 Å². The molecule has 0 saturated carbocycles. The van der Waals surface area contributed by atoms with Crippen LogP contribution in [0.2, 0.25) is 0 Å². The molecule has 1 aromatic carbocycles. The van der Waals surface area contributed by atoms with Crippen LogP contribution in [0, 0.1) is 0 Å². The van der Waals surface area contributed by atoms with Crippen LogP contribution in [0.15, 0.2) is 63.6 Å². The van der Waals surface area contributed by atoms with Gasteiger partial charge in [-0.3, -0.25) is 9.59 Å². The molecule has 4 rings (SSSR count). The van der Waals surface area contributed by atoms with E-state index in [4.69, 9.17) is 4.74 Å².